The van der Waals surface area contributed by atoms with Crippen molar-refractivity contribution in [2.45, 2.75) is 13.0 Å². The van der Waals surface area contributed by atoms with Gasteiger partial charge in [-0.05, 0) is 30.2 Å². The van der Waals surface area contributed by atoms with E-state index in [-0.39, 0.29) is 6.04 Å². The highest BCUT2D eigenvalue weighted by molar-refractivity contribution is 5.49. The molecule has 0 aliphatic carbocycles. The van der Waals surface area contributed by atoms with Crippen molar-refractivity contribution in [3.63, 3.8) is 0 Å². The highest BCUT2D eigenvalue weighted by atomic mass is 16.6. The summed E-state index contributed by atoms with van der Waals surface area (Å²) < 4.78 is 16.3. The molecule has 5 heteroatoms. The van der Waals surface area contributed by atoms with E-state index in [4.69, 9.17) is 19.9 Å². The van der Waals surface area contributed by atoms with Crippen molar-refractivity contribution in [3.05, 3.63) is 23.3 Å². The first-order valence-electron chi connectivity index (χ1n) is 6.31. The molecule has 5 nitrogen and oxygen atoms in total. The molecular weight excluding hydrogens is 244 g/mol. The lowest BCUT2D eigenvalue weighted by molar-refractivity contribution is -0.0911. The second-order valence-electron chi connectivity index (χ2n) is 5.09. The highest BCUT2D eigenvalue weighted by Crippen LogP contribution is 2.42. The van der Waals surface area contributed by atoms with Crippen LogP contribution >= 0.6 is 0 Å². The van der Waals surface area contributed by atoms with E-state index >= 15 is 0 Å². The van der Waals surface area contributed by atoms with Crippen LogP contribution in [0.1, 0.15) is 17.2 Å². The fraction of sp³-hybridized carbons (Fsp3) is 0.500. The van der Waals surface area contributed by atoms with Crippen molar-refractivity contribution in [3.8, 4) is 17.6 Å². The third-order valence-corrected chi connectivity index (χ3v) is 3.80. The zero-order valence-corrected chi connectivity index (χ0v) is 10.8. The van der Waals surface area contributed by atoms with Gasteiger partial charge >= 0.3 is 0 Å². The first-order chi connectivity index (χ1) is 9.16. The lowest BCUT2D eigenvalue weighted by Gasteiger charge is -2.40. The van der Waals surface area contributed by atoms with Crippen LogP contribution in [0.3, 0.4) is 0 Å². The van der Waals surface area contributed by atoms with Crippen molar-refractivity contribution in [1.82, 2.24) is 0 Å². The molecule has 2 N–H and O–H groups in total. The van der Waals surface area contributed by atoms with E-state index < -0.39 is 5.41 Å². The molecule has 2 aliphatic rings. The van der Waals surface area contributed by atoms with Gasteiger partial charge in [0.1, 0.15) is 18.6 Å². The Hall–Kier alpha value is -1.77. The lowest BCUT2D eigenvalue weighted by Crippen LogP contribution is -2.49. The maximum absolute atomic E-state index is 9.33. The number of nitriles is 1. The summed E-state index contributed by atoms with van der Waals surface area (Å²) in [5, 5.41) is 9.33. The maximum Gasteiger partial charge on any atom is 0.161 e. The molecule has 0 spiro atoms. The first kappa shape index (κ1) is 12.3. The van der Waals surface area contributed by atoms with Crippen LogP contribution in [0.2, 0.25) is 0 Å². The summed E-state index contributed by atoms with van der Waals surface area (Å²) in [5.74, 6) is 1.45. The van der Waals surface area contributed by atoms with Gasteiger partial charge in [0.25, 0.3) is 0 Å². The van der Waals surface area contributed by atoms with Gasteiger partial charge < -0.3 is 19.9 Å². The second kappa shape index (κ2) is 4.41. The molecule has 0 saturated carbocycles. The molecule has 1 fully saturated rings. The molecule has 1 aromatic carbocycles. The van der Waals surface area contributed by atoms with Crippen LogP contribution in [0.5, 0.6) is 11.5 Å². The predicted octanol–water partition coefficient (Wildman–Crippen LogP) is 1.31. The number of ether oxygens (including phenoxy) is 3. The normalized spacial score (nSPS) is 21.1. The molecule has 19 heavy (non-hydrogen) atoms. The smallest absolute Gasteiger partial charge is 0.161 e. The summed E-state index contributed by atoms with van der Waals surface area (Å²) in [6.07, 6.45) is 0. The van der Waals surface area contributed by atoms with Gasteiger partial charge in [-0.3, -0.25) is 0 Å². The Balaban J connectivity index is 1.99. The quantitative estimate of drug-likeness (QED) is 0.867. The van der Waals surface area contributed by atoms with E-state index in [0.717, 1.165) is 16.9 Å². The Morgan fingerprint density at radius 2 is 1.89 bits per heavy atom. The topological polar surface area (TPSA) is 77.5 Å². The van der Waals surface area contributed by atoms with Crippen molar-refractivity contribution in [1.29, 1.82) is 5.26 Å². The minimum absolute atomic E-state index is 0.373. The zero-order chi connectivity index (χ0) is 13.5. The van der Waals surface area contributed by atoms with E-state index in [1.165, 1.54) is 0 Å². The SMILES string of the molecule is Cc1cc2c(cc1C(N)C1(C#N)COC1)OCCO2. The van der Waals surface area contributed by atoms with Gasteiger partial charge in [-0.25, -0.2) is 0 Å². The second-order valence-corrected chi connectivity index (χ2v) is 5.09. The number of aryl methyl sites for hydroxylation is 1. The summed E-state index contributed by atoms with van der Waals surface area (Å²) in [6.45, 7) is 3.85. The van der Waals surface area contributed by atoms with Crippen LogP contribution in [0, 0.1) is 23.7 Å². The maximum atomic E-state index is 9.33. The van der Waals surface area contributed by atoms with Gasteiger partial charge in [0, 0.05) is 0 Å². The summed E-state index contributed by atoms with van der Waals surface area (Å²) in [4.78, 5) is 0. The first-order valence-corrected chi connectivity index (χ1v) is 6.31. The van der Waals surface area contributed by atoms with Gasteiger partial charge in [-0.15, -0.1) is 0 Å². The van der Waals surface area contributed by atoms with Crippen LogP contribution in [0.25, 0.3) is 0 Å². The van der Waals surface area contributed by atoms with Crippen molar-refractivity contribution in [2.75, 3.05) is 26.4 Å². The molecule has 0 radical (unpaired) electrons. The Bertz CT molecular complexity index is 546. The third kappa shape index (κ3) is 1.84. The Kier molecular flexibility index (Phi) is 2.85. The molecule has 2 aliphatic heterocycles. The largest absolute Gasteiger partial charge is 0.486 e. The van der Waals surface area contributed by atoms with Gasteiger partial charge in [0.2, 0.25) is 0 Å². The van der Waals surface area contributed by atoms with Crippen LogP contribution in [-0.4, -0.2) is 26.4 Å². The molecule has 100 valence electrons. The van der Waals surface area contributed by atoms with Crippen LogP contribution in [0.4, 0.5) is 0 Å². The molecule has 0 bridgehead atoms. The van der Waals surface area contributed by atoms with Gasteiger partial charge in [0.05, 0.1) is 25.3 Å². The monoisotopic (exact) mass is 260 g/mol. The minimum Gasteiger partial charge on any atom is -0.486 e. The fourth-order valence-corrected chi connectivity index (χ4v) is 2.47. The number of nitrogens with two attached hydrogens (primary N) is 1. The number of benzene rings is 1. The number of hydrogen-bond acceptors (Lipinski definition) is 5. The Morgan fingerprint density at radius 3 is 2.42 bits per heavy atom. The molecule has 2 heterocycles. The van der Waals surface area contributed by atoms with Crippen LogP contribution in [0.15, 0.2) is 12.1 Å². The summed E-state index contributed by atoms with van der Waals surface area (Å²) in [7, 11) is 0. The Labute approximate surface area is 111 Å². The van der Waals surface area contributed by atoms with Crippen molar-refractivity contribution < 1.29 is 14.2 Å². The molecule has 1 unspecified atom stereocenters. The summed E-state index contributed by atoms with van der Waals surface area (Å²) in [5.41, 5.74) is 7.60. The van der Waals surface area contributed by atoms with E-state index in [2.05, 4.69) is 6.07 Å². The number of rotatable bonds is 2. The van der Waals surface area contributed by atoms with E-state index in [1.54, 1.807) is 0 Å². The molecule has 1 atom stereocenters. The molecular formula is C14H16N2O3. The molecule has 3 rings (SSSR count). The summed E-state index contributed by atoms with van der Waals surface area (Å²) >= 11 is 0. The number of fused-ring (bicyclic) bond motifs is 1. The minimum atomic E-state index is -0.617. The van der Waals surface area contributed by atoms with Crippen LogP contribution < -0.4 is 15.2 Å². The Morgan fingerprint density at radius 1 is 1.26 bits per heavy atom. The average molecular weight is 260 g/mol. The van der Waals surface area contributed by atoms with Crippen molar-refractivity contribution in [2.24, 2.45) is 11.1 Å². The summed E-state index contributed by atoms with van der Waals surface area (Å²) in [6, 6.07) is 5.74. The van der Waals surface area contributed by atoms with E-state index in [9.17, 15) is 5.26 Å². The third-order valence-electron chi connectivity index (χ3n) is 3.80. The van der Waals surface area contributed by atoms with Gasteiger partial charge in [-0.2, -0.15) is 5.26 Å². The molecule has 0 aromatic heterocycles. The predicted molar refractivity (Wildman–Crippen MR) is 68.0 cm³/mol. The fourth-order valence-electron chi connectivity index (χ4n) is 2.47. The van der Waals surface area contributed by atoms with Gasteiger partial charge in [-0.1, -0.05) is 0 Å². The molecule has 1 aromatic rings. The average Bonchev–Trinajstić information content (AvgIpc) is 2.37. The van der Waals surface area contributed by atoms with Crippen molar-refractivity contribution >= 4 is 0 Å². The lowest BCUT2D eigenvalue weighted by atomic mass is 9.76. The van der Waals surface area contributed by atoms with E-state index in [1.807, 2.05) is 19.1 Å². The standard InChI is InChI=1S/C14H16N2O3/c1-9-4-11-12(19-3-2-18-11)5-10(9)13(16)14(6-15)7-17-8-14/h4-5,13H,2-3,7-8,16H2,1H3. The van der Waals surface area contributed by atoms with E-state index in [0.29, 0.717) is 32.2 Å². The molecule has 0 amide bonds. The number of nitrogens with zero attached hydrogens (tertiary/aromatic N) is 1. The number of hydrogen-bond donors (Lipinski definition) is 1. The highest BCUT2D eigenvalue weighted by Gasteiger charge is 2.46. The van der Waals surface area contributed by atoms with Crippen LogP contribution in [-0.2, 0) is 4.74 Å². The molecule has 1 saturated heterocycles. The van der Waals surface area contributed by atoms with Gasteiger partial charge in [0.15, 0.2) is 11.5 Å². The zero-order valence-electron chi connectivity index (χ0n) is 10.8.